The van der Waals surface area contributed by atoms with Gasteiger partial charge in [0.05, 0.1) is 26.4 Å². The maximum Gasteiger partial charge on any atom is 0.242 e. The van der Waals surface area contributed by atoms with Gasteiger partial charge in [0.1, 0.15) is 12.6 Å². The van der Waals surface area contributed by atoms with Crippen molar-refractivity contribution in [1.29, 1.82) is 0 Å². The summed E-state index contributed by atoms with van der Waals surface area (Å²) in [6.45, 7) is 4.16. The van der Waals surface area contributed by atoms with Gasteiger partial charge in [-0.05, 0) is 19.1 Å². The number of morpholine rings is 1. The lowest BCUT2D eigenvalue weighted by Gasteiger charge is -2.32. The normalized spacial score (nSPS) is 20.3. The Balaban J connectivity index is 0.00000264. The Kier molecular flexibility index (Phi) is 8.16. The van der Waals surface area contributed by atoms with Gasteiger partial charge in [-0.25, -0.2) is 0 Å². The third-order valence-corrected chi connectivity index (χ3v) is 3.71. The summed E-state index contributed by atoms with van der Waals surface area (Å²) < 4.78 is 16.4. The summed E-state index contributed by atoms with van der Waals surface area (Å²) in [6, 6.07) is 7.17. The molecule has 1 aromatic rings. The van der Waals surface area contributed by atoms with Crippen molar-refractivity contribution >= 4 is 18.3 Å². The van der Waals surface area contributed by atoms with Crippen LogP contribution < -0.4 is 14.8 Å². The van der Waals surface area contributed by atoms with Crippen molar-refractivity contribution in [2.24, 2.45) is 0 Å². The number of amides is 1. The first kappa shape index (κ1) is 19.5. The van der Waals surface area contributed by atoms with Gasteiger partial charge in [-0.2, -0.15) is 0 Å². The van der Waals surface area contributed by atoms with Gasteiger partial charge >= 0.3 is 0 Å². The molecule has 0 spiro atoms. The summed E-state index contributed by atoms with van der Waals surface area (Å²) in [4.78, 5) is 14.0. The number of ether oxygens (including phenoxy) is 3. The van der Waals surface area contributed by atoms with Crippen molar-refractivity contribution in [3.63, 3.8) is 0 Å². The zero-order valence-electron chi connectivity index (χ0n) is 13.8. The maximum absolute atomic E-state index is 12.4. The average molecular weight is 345 g/mol. The zero-order chi connectivity index (χ0) is 15.9. The molecule has 0 bridgehead atoms. The Hall–Kier alpha value is -1.50. The highest BCUT2D eigenvalue weighted by Gasteiger charge is 2.30. The molecule has 0 aliphatic carbocycles. The molecule has 6 nitrogen and oxygen atoms in total. The van der Waals surface area contributed by atoms with Gasteiger partial charge in [-0.15, -0.1) is 12.4 Å². The molecule has 2 rings (SSSR count). The van der Waals surface area contributed by atoms with E-state index in [9.17, 15) is 4.79 Å². The van der Waals surface area contributed by atoms with Crippen LogP contribution in [0, 0.1) is 0 Å². The molecule has 0 saturated carbocycles. The molecule has 0 unspecified atom stereocenters. The van der Waals surface area contributed by atoms with E-state index in [1.54, 1.807) is 19.1 Å². The van der Waals surface area contributed by atoms with Crippen molar-refractivity contribution in [1.82, 2.24) is 10.2 Å². The summed E-state index contributed by atoms with van der Waals surface area (Å²) in [7, 11) is 3.38. The Morgan fingerprint density at radius 2 is 2.09 bits per heavy atom. The standard InChI is InChI=1S/C16H24N2O4.ClH/c1-12-15(17-8-10-21-12)16(19)18(2)9-11-22-14-7-5-4-6-13(14)20-3;/h4-7,12,15,17H,8-11H2,1-3H3;1H/t12-,15+;/m1./s1. The second-order valence-corrected chi connectivity index (χ2v) is 5.27. The number of methoxy groups -OCH3 is 1. The van der Waals surface area contributed by atoms with E-state index in [1.807, 2.05) is 31.2 Å². The molecular weight excluding hydrogens is 320 g/mol. The lowest BCUT2D eigenvalue weighted by atomic mass is 10.1. The Morgan fingerprint density at radius 1 is 1.39 bits per heavy atom. The topological polar surface area (TPSA) is 60.0 Å². The Morgan fingerprint density at radius 3 is 2.74 bits per heavy atom. The molecule has 1 fully saturated rings. The van der Waals surface area contributed by atoms with Gasteiger partial charge < -0.3 is 24.4 Å². The van der Waals surface area contributed by atoms with E-state index < -0.39 is 0 Å². The lowest BCUT2D eigenvalue weighted by molar-refractivity contribution is -0.138. The smallest absolute Gasteiger partial charge is 0.242 e. The van der Waals surface area contributed by atoms with Crippen molar-refractivity contribution < 1.29 is 19.0 Å². The Bertz CT molecular complexity index is 501. The number of hydrogen-bond donors (Lipinski definition) is 1. The van der Waals surface area contributed by atoms with Gasteiger partial charge in [-0.1, -0.05) is 12.1 Å². The summed E-state index contributed by atoms with van der Waals surface area (Å²) in [5.41, 5.74) is 0. The molecular formula is C16H25ClN2O4. The van der Waals surface area contributed by atoms with Crippen LogP contribution in [0.25, 0.3) is 0 Å². The first-order valence-corrected chi connectivity index (χ1v) is 7.49. The predicted octanol–water partition coefficient (Wildman–Crippen LogP) is 1.33. The minimum absolute atomic E-state index is 0. The highest BCUT2D eigenvalue weighted by Crippen LogP contribution is 2.25. The van der Waals surface area contributed by atoms with Crippen LogP contribution in [-0.4, -0.2) is 63.4 Å². The monoisotopic (exact) mass is 344 g/mol. The summed E-state index contributed by atoms with van der Waals surface area (Å²) in [5.74, 6) is 1.39. The summed E-state index contributed by atoms with van der Waals surface area (Å²) in [5, 5.41) is 3.20. The van der Waals surface area contributed by atoms with E-state index in [-0.39, 0.29) is 30.5 Å². The van der Waals surface area contributed by atoms with Crippen LogP contribution in [0.1, 0.15) is 6.92 Å². The zero-order valence-corrected chi connectivity index (χ0v) is 14.6. The molecule has 1 saturated heterocycles. The third-order valence-electron chi connectivity index (χ3n) is 3.71. The number of halogens is 1. The van der Waals surface area contributed by atoms with E-state index in [4.69, 9.17) is 14.2 Å². The molecule has 1 N–H and O–H groups in total. The van der Waals surface area contributed by atoms with Gasteiger partial charge in [0.15, 0.2) is 11.5 Å². The van der Waals surface area contributed by atoms with Gasteiger partial charge in [-0.3, -0.25) is 4.79 Å². The number of benzene rings is 1. The third kappa shape index (κ3) is 5.27. The van der Waals surface area contributed by atoms with Crippen LogP contribution >= 0.6 is 12.4 Å². The number of rotatable bonds is 6. The number of nitrogens with one attached hydrogen (secondary N) is 1. The van der Waals surface area contributed by atoms with Gasteiger partial charge in [0.25, 0.3) is 0 Å². The Labute approximate surface area is 143 Å². The highest BCUT2D eigenvalue weighted by molar-refractivity contribution is 5.85. The molecule has 1 aliphatic heterocycles. The van der Waals surface area contributed by atoms with Crippen molar-refractivity contribution in [3.05, 3.63) is 24.3 Å². The summed E-state index contributed by atoms with van der Waals surface area (Å²) in [6.07, 6.45) is -0.112. The first-order valence-electron chi connectivity index (χ1n) is 7.49. The molecule has 1 aliphatic rings. The van der Waals surface area contributed by atoms with Crippen LogP contribution in [0.3, 0.4) is 0 Å². The first-order chi connectivity index (χ1) is 10.6. The van der Waals surface area contributed by atoms with Gasteiger partial charge in [0.2, 0.25) is 5.91 Å². The lowest BCUT2D eigenvalue weighted by Crippen LogP contribution is -2.56. The van der Waals surface area contributed by atoms with E-state index in [1.165, 1.54) is 0 Å². The molecule has 1 aromatic carbocycles. The maximum atomic E-state index is 12.4. The predicted molar refractivity (Wildman–Crippen MR) is 90.6 cm³/mol. The van der Waals surface area contributed by atoms with Crippen molar-refractivity contribution in [3.8, 4) is 11.5 Å². The fraction of sp³-hybridized carbons (Fsp3) is 0.562. The highest BCUT2D eigenvalue weighted by atomic mass is 35.5. The quantitative estimate of drug-likeness (QED) is 0.843. The molecule has 23 heavy (non-hydrogen) atoms. The number of carbonyl (C=O) groups excluding carboxylic acids is 1. The fourth-order valence-electron chi connectivity index (χ4n) is 2.39. The van der Waals surface area contributed by atoms with Crippen LogP contribution in [0.4, 0.5) is 0 Å². The fourth-order valence-corrected chi connectivity index (χ4v) is 2.39. The largest absolute Gasteiger partial charge is 0.493 e. The molecule has 1 heterocycles. The SMILES string of the molecule is COc1ccccc1OCCN(C)C(=O)[C@H]1NCCO[C@@H]1C.Cl. The molecule has 130 valence electrons. The van der Waals surface area contributed by atoms with Crippen LogP contribution in [0.5, 0.6) is 11.5 Å². The molecule has 1 amide bonds. The van der Waals surface area contributed by atoms with E-state index >= 15 is 0 Å². The number of para-hydroxylation sites is 2. The minimum Gasteiger partial charge on any atom is -0.493 e. The average Bonchev–Trinajstić information content (AvgIpc) is 2.55. The number of likely N-dealkylation sites (N-methyl/N-ethyl adjacent to an activating group) is 1. The second kappa shape index (κ2) is 9.60. The van der Waals surface area contributed by atoms with Crippen LogP contribution in [0.2, 0.25) is 0 Å². The second-order valence-electron chi connectivity index (χ2n) is 5.27. The van der Waals surface area contributed by atoms with Crippen molar-refractivity contribution in [2.45, 2.75) is 19.1 Å². The molecule has 0 radical (unpaired) electrons. The van der Waals surface area contributed by atoms with E-state index in [0.29, 0.717) is 37.8 Å². The van der Waals surface area contributed by atoms with Crippen molar-refractivity contribution in [2.75, 3.05) is 40.5 Å². The van der Waals surface area contributed by atoms with Crippen LogP contribution in [-0.2, 0) is 9.53 Å². The summed E-state index contributed by atoms with van der Waals surface area (Å²) >= 11 is 0. The number of carbonyl (C=O) groups is 1. The van der Waals surface area contributed by atoms with Gasteiger partial charge in [0, 0.05) is 13.6 Å². The van der Waals surface area contributed by atoms with Crippen LogP contribution in [0.15, 0.2) is 24.3 Å². The molecule has 2 atom stereocenters. The number of hydrogen-bond acceptors (Lipinski definition) is 5. The molecule has 7 heteroatoms. The van der Waals surface area contributed by atoms with E-state index in [0.717, 1.165) is 0 Å². The van der Waals surface area contributed by atoms with E-state index in [2.05, 4.69) is 5.32 Å². The minimum atomic E-state index is -0.287. The number of nitrogens with zero attached hydrogens (tertiary/aromatic N) is 1. The molecule has 0 aromatic heterocycles.